The Labute approximate surface area is 150 Å². The van der Waals surface area contributed by atoms with Gasteiger partial charge in [-0.2, -0.15) is 0 Å². The summed E-state index contributed by atoms with van der Waals surface area (Å²) in [7, 11) is 0. The Hall–Kier alpha value is -2.46. The molecule has 0 saturated carbocycles. The Kier molecular flexibility index (Phi) is 2.98. The van der Waals surface area contributed by atoms with Crippen molar-refractivity contribution in [1.82, 2.24) is 15.0 Å². The number of hydrogen-bond acceptors (Lipinski definition) is 4. The van der Waals surface area contributed by atoms with Crippen molar-refractivity contribution in [2.45, 2.75) is 36.1 Å². The maximum atomic E-state index is 4.78. The molecule has 0 fully saturated rings. The van der Waals surface area contributed by atoms with E-state index >= 15 is 0 Å². The van der Waals surface area contributed by atoms with Crippen molar-refractivity contribution in [3.8, 4) is 11.3 Å². The molecule has 1 aliphatic rings. The third-order valence-corrected chi connectivity index (χ3v) is 5.78. The van der Waals surface area contributed by atoms with Crippen molar-refractivity contribution < 1.29 is 0 Å². The summed E-state index contributed by atoms with van der Waals surface area (Å²) < 4.78 is 0. The van der Waals surface area contributed by atoms with Crippen LogP contribution in [0, 0.1) is 0 Å². The van der Waals surface area contributed by atoms with Crippen LogP contribution in [0.3, 0.4) is 0 Å². The lowest BCUT2D eigenvalue weighted by Crippen LogP contribution is -2.12. The minimum Gasteiger partial charge on any atom is -0.255 e. The first-order valence-corrected chi connectivity index (χ1v) is 9.20. The Morgan fingerprint density at radius 3 is 2.68 bits per heavy atom. The molecule has 122 valence electrons. The first-order chi connectivity index (χ1) is 12.0. The molecule has 0 aliphatic carbocycles. The van der Waals surface area contributed by atoms with Gasteiger partial charge in [-0.05, 0) is 46.7 Å². The van der Waals surface area contributed by atoms with Crippen LogP contribution in [0.1, 0.15) is 26.3 Å². The van der Waals surface area contributed by atoms with Gasteiger partial charge in [-0.3, -0.25) is 4.98 Å². The molecule has 1 aromatic carbocycles. The topological polar surface area (TPSA) is 38.7 Å². The molecule has 1 aliphatic heterocycles. The normalized spacial score (nSPS) is 13.2. The van der Waals surface area contributed by atoms with Crippen LogP contribution in [-0.2, 0) is 5.41 Å². The second-order valence-corrected chi connectivity index (χ2v) is 8.47. The molecule has 0 N–H and O–H groups in total. The number of fused-ring (bicyclic) bond motifs is 3. The van der Waals surface area contributed by atoms with E-state index in [1.807, 2.05) is 12.3 Å². The van der Waals surface area contributed by atoms with E-state index in [-0.39, 0.29) is 5.41 Å². The Morgan fingerprint density at radius 2 is 1.84 bits per heavy atom. The lowest BCUT2D eigenvalue weighted by Gasteiger charge is -2.25. The third-order valence-electron chi connectivity index (χ3n) is 4.71. The fourth-order valence-electron chi connectivity index (χ4n) is 3.55. The molecule has 3 aromatic heterocycles. The van der Waals surface area contributed by atoms with Gasteiger partial charge >= 0.3 is 0 Å². The lowest BCUT2D eigenvalue weighted by molar-refractivity contribution is 0.595. The van der Waals surface area contributed by atoms with Gasteiger partial charge in [0, 0.05) is 33.6 Å². The lowest BCUT2D eigenvalue weighted by atomic mass is 9.83. The van der Waals surface area contributed by atoms with Crippen LogP contribution in [0.5, 0.6) is 0 Å². The molecule has 0 saturated heterocycles. The van der Waals surface area contributed by atoms with Crippen LogP contribution in [0.15, 0.2) is 58.7 Å². The zero-order valence-electron chi connectivity index (χ0n) is 14.4. The second kappa shape index (κ2) is 5.02. The predicted molar refractivity (Wildman–Crippen MR) is 103 cm³/mol. The van der Waals surface area contributed by atoms with Crippen LogP contribution < -0.4 is 0 Å². The fourth-order valence-corrected chi connectivity index (χ4v) is 4.60. The summed E-state index contributed by atoms with van der Waals surface area (Å²) in [5.74, 6) is 0. The van der Waals surface area contributed by atoms with E-state index in [4.69, 9.17) is 9.97 Å². The number of nitrogens with zero attached hydrogens (tertiary/aromatic N) is 3. The highest BCUT2D eigenvalue weighted by Crippen LogP contribution is 2.48. The molecule has 0 unspecified atom stereocenters. The molecule has 25 heavy (non-hydrogen) atoms. The third kappa shape index (κ3) is 2.17. The first-order valence-electron chi connectivity index (χ1n) is 8.38. The van der Waals surface area contributed by atoms with Gasteiger partial charge in [0.05, 0.1) is 5.69 Å². The molecule has 0 spiro atoms. The molecular weight excluding hydrogens is 326 g/mol. The zero-order valence-corrected chi connectivity index (χ0v) is 15.2. The molecule has 4 heterocycles. The molecular formula is C21H17N3S. The van der Waals surface area contributed by atoms with Crippen molar-refractivity contribution in [3.05, 3.63) is 54.4 Å². The Balaban J connectivity index is 1.89. The molecule has 0 radical (unpaired) electrons. The van der Waals surface area contributed by atoms with Gasteiger partial charge in [-0.15, -0.1) is 0 Å². The van der Waals surface area contributed by atoms with Crippen molar-refractivity contribution in [2.75, 3.05) is 0 Å². The van der Waals surface area contributed by atoms with Gasteiger partial charge in [0.1, 0.15) is 5.03 Å². The van der Waals surface area contributed by atoms with Crippen molar-refractivity contribution >= 4 is 33.6 Å². The standard InChI is InChI=1S/C21H17N3S/c1-21(2,3)15-6-7-16-17-13(15)8-10-22-18(17)14-11-12-5-4-9-23-19(12)24-20(14)25-16/h4-11H,1-3H3. The minimum atomic E-state index is 0.0909. The van der Waals surface area contributed by atoms with Crippen LogP contribution in [0.25, 0.3) is 33.1 Å². The Morgan fingerprint density at radius 1 is 0.960 bits per heavy atom. The number of benzene rings is 1. The van der Waals surface area contributed by atoms with Gasteiger partial charge in [-0.25, -0.2) is 9.97 Å². The van der Waals surface area contributed by atoms with Crippen LogP contribution in [0.2, 0.25) is 0 Å². The maximum Gasteiger partial charge on any atom is 0.160 e. The molecule has 0 amide bonds. The monoisotopic (exact) mass is 343 g/mol. The summed E-state index contributed by atoms with van der Waals surface area (Å²) in [4.78, 5) is 15.1. The van der Waals surface area contributed by atoms with E-state index in [0.717, 1.165) is 27.3 Å². The van der Waals surface area contributed by atoms with Gasteiger partial charge < -0.3 is 0 Å². The summed E-state index contributed by atoms with van der Waals surface area (Å²) in [6.45, 7) is 6.78. The van der Waals surface area contributed by atoms with Gasteiger partial charge in [0.15, 0.2) is 5.65 Å². The van der Waals surface area contributed by atoms with Crippen LogP contribution >= 0.6 is 11.8 Å². The van der Waals surface area contributed by atoms with Crippen molar-refractivity contribution in [1.29, 1.82) is 0 Å². The SMILES string of the molecule is CC(C)(C)c1ccc2c3c(nccc13)-c1cc3cccnc3nc1S2. The van der Waals surface area contributed by atoms with E-state index in [2.05, 4.69) is 56.1 Å². The zero-order chi connectivity index (χ0) is 17.2. The summed E-state index contributed by atoms with van der Waals surface area (Å²) in [6, 6.07) is 12.8. The molecule has 4 aromatic rings. The number of aromatic nitrogens is 3. The Bertz CT molecular complexity index is 1160. The highest BCUT2D eigenvalue weighted by molar-refractivity contribution is 7.99. The van der Waals surface area contributed by atoms with Crippen molar-refractivity contribution in [2.24, 2.45) is 0 Å². The number of hydrogen-bond donors (Lipinski definition) is 0. The predicted octanol–water partition coefficient (Wildman–Crippen LogP) is 5.61. The van der Waals surface area contributed by atoms with E-state index in [1.165, 1.54) is 21.2 Å². The first kappa shape index (κ1) is 14.8. The molecule has 4 heteroatoms. The van der Waals surface area contributed by atoms with Crippen LogP contribution in [0.4, 0.5) is 0 Å². The summed E-state index contributed by atoms with van der Waals surface area (Å²) in [5, 5.41) is 4.58. The number of pyridine rings is 3. The molecule has 0 bridgehead atoms. The molecule has 3 nitrogen and oxygen atoms in total. The van der Waals surface area contributed by atoms with E-state index < -0.39 is 0 Å². The van der Waals surface area contributed by atoms with Crippen LogP contribution in [-0.4, -0.2) is 15.0 Å². The maximum absolute atomic E-state index is 4.78. The number of rotatable bonds is 0. The minimum absolute atomic E-state index is 0.0909. The smallest absolute Gasteiger partial charge is 0.160 e. The molecule has 5 rings (SSSR count). The quantitative estimate of drug-likeness (QED) is 0.366. The van der Waals surface area contributed by atoms with Gasteiger partial charge in [-0.1, -0.05) is 38.6 Å². The summed E-state index contributed by atoms with van der Waals surface area (Å²) >= 11 is 1.72. The summed E-state index contributed by atoms with van der Waals surface area (Å²) in [6.07, 6.45) is 3.71. The van der Waals surface area contributed by atoms with Crippen molar-refractivity contribution in [3.63, 3.8) is 0 Å². The van der Waals surface area contributed by atoms with E-state index in [0.29, 0.717) is 0 Å². The summed E-state index contributed by atoms with van der Waals surface area (Å²) in [5.41, 5.74) is 4.37. The fraction of sp³-hybridized carbons (Fsp3) is 0.190. The van der Waals surface area contributed by atoms with E-state index in [9.17, 15) is 0 Å². The average molecular weight is 343 g/mol. The largest absolute Gasteiger partial charge is 0.255 e. The van der Waals surface area contributed by atoms with Gasteiger partial charge in [0.2, 0.25) is 0 Å². The average Bonchev–Trinajstić information content (AvgIpc) is 2.59. The molecule has 0 atom stereocenters. The second-order valence-electron chi connectivity index (χ2n) is 7.44. The highest BCUT2D eigenvalue weighted by atomic mass is 32.2. The highest BCUT2D eigenvalue weighted by Gasteiger charge is 2.26. The van der Waals surface area contributed by atoms with Gasteiger partial charge in [0.25, 0.3) is 0 Å². The van der Waals surface area contributed by atoms with E-state index in [1.54, 1.807) is 18.0 Å².